The topological polar surface area (TPSA) is 36.4 Å². The van der Waals surface area contributed by atoms with Gasteiger partial charge in [-0.3, -0.25) is 14.7 Å². The van der Waals surface area contributed by atoms with Crippen LogP contribution in [-0.2, 0) is 11.3 Å². The Hall–Kier alpha value is -2.01. The van der Waals surface area contributed by atoms with Crippen molar-refractivity contribution in [2.45, 2.75) is 58.0 Å². The van der Waals surface area contributed by atoms with Crippen molar-refractivity contribution in [2.75, 3.05) is 19.6 Å². The number of carbonyl (C=O) groups is 1. The van der Waals surface area contributed by atoms with Crippen LogP contribution in [0.15, 0.2) is 30.5 Å². The molecule has 0 radical (unpaired) electrons. The highest BCUT2D eigenvalue weighted by Crippen LogP contribution is 2.31. The van der Waals surface area contributed by atoms with Gasteiger partial charge in [0.05, 0.1) is 5.52 Å². The molecule has 4 rings (SSSR count). The van der Waals surface area contributed by atoms with Crippen LogP contribution >= 0.6 is 0 Å². The maximum absolute atomic E-state index is 14.1. The number of aromatic nitrogens is 1. The van der Waals surface area contributed by atoms with Gasteiger partial charge in [0.25, 0.3) is 0 Å². The van der Waals surface area contributed by atoms with Crippen LogP contribution in [-0.4, -0.2) is 46.4 Å². The van der Waals surface area contributed by atoms with Gasteiger partial charge in [-0.2, -0.15) is 0 Å². The Bertz CT molecular complexity index is 832. The highest BCUT2D eigenvalue weighted by Gasteiger charge is 2.32. The molecule has 150 valence electrons. The molecule has 2 saturated heterocycles. The highest BCUT2D eigenvalue weighted by atomic mass is 19.1. The number of hydrogen-bond acceptors (Lipinski definition) is 3. The van der Waals surface area contributed by atoms with Crippen LogP contribution in [0.3, 0.4) is 0 Å². The van der Waals surface area contributed by atoms with Gasteiger partial charge in [-0.15, -0.1) is 0 Å². The fraction of sp³-hybridized carbons (Fsp3) is 0.565. The molecule has 1 aromatic heterocycles. The summed E-state index contributed by atoms with van der Waals surface area (Å²) in [4.78, 5) is 21.2. The fourth-order valence-corrected chi connectivity index (χ4v) is 5.08. The molecule has 5 heteroatoms. The van der Waals surface area contributed by atoms with E-state index in [1.165, 1.54) is 12.8 Å². The van der Waals surface area contributed by atoms with Gasteiger partial charge in [-0.1, -0.05) is 18.9 Å². The molecule has 2 aliphatic heterocycles. The summed E-state index contributed by atoms with van der Waals surface area (Å²) < 4.78 is 14.1. The summed E-state index contributed by atoms with van der Waals surface area (Å²) in [5.74, 6) is 0.628. The highest BCUT2D eigenvalue weighted by molar-refractivity contribution is 5.82. The maximum Gasteiger partial charge on any atom is 0.219 e. The number of carbonyl (C=O) groups excluding carboxylic acids is 1. The molecule has 0 bridgehead atoms. The SMILES string of the molecule is CC(=O)N1CCCCC[C@H]1C1CCN(Cc2ccc(F)c3cccnc23)CC1. The maximum atomic E-state index is 14.1. The summed E-state index contributed by atoms with van der Waals surface area (Å²) in [6.45, 7) is 5.51. The number of amides is 1. The molecule has 2 aromatic rings. The molecular weight excluding hydrogens is 353 g/mol. The van der Waals surface area contributed by atoms with Crippen LogP contribution < -0.4 is 0 Å². The normalized spacial score (nSPS) is 22.4. The lowest BCUT2D eigenvalue weighted by Crippen LogP contribution is -2.47. The molecule has 2 fully saturated rings. The number of hydrogen-bond donors (Lipinski definition) is 0. The van der Waals surface area contributed by atoms with Crippen molar-refractivity contribution in [1.82, 2.24) is 14.8 Å². The lowest BCUT2D eigenvalue weighted by atomic mass is 9.86. The zero-order valence-electron chi connectivity index (χ0n) is 16.7. The molecule has 0 spiro atoms. The number of halogens is 1. The van der Waals surface area contributed by atoms with E-state index < -0.39 is 0 Å². The van der Waals surface area contributed by atoms with E-state index >= 15 is 0 Å². The Morgan fingerprint density at radius 3 is 2.71 bits per heavy atom. The third-order valence-corrected chi connectivity index (χ3v) is 6.57. The van der Waals surface area contributed by atoms with E-state index in [1.54, 1.807) is 31.3 Å². The average Bonchev–Trinajstić information content (AvgIpc) is 2.97. The second-order valence-electron chi connectivity index (χ2n) is 8.35. The Balaban J connectivity index is 1.42. The quantitative estimate of drug-likeness (QED) is 0.789. The van der Waals surface area contributed by atoms with Gasteiger partial charge in [-0.05, 0) is 68.5 Å². The molecule has 0 aliphatic carbocycles. The summed E-state index contributed by atoms with van der Waals surface area (Å²) in [7, 11) is 0. The predicted molar refractivity (Wildman–Crippen MR) is 109 cm³/mol. The van der Waals surface area contributed by atoms with Gasteiger partial charge in [0.15, 0.2) is 0 Å². The third kappa shape index (κ3) is 4.04. The molecule has 0 unspecified atom stereocenters. The second kappa shape index (κ2) is 8.56. The molecule has 3 heterocycles. The number of likely N-dealkylation sites (tertiary alicyclic amines) is 2. The minimum Gasteiger partial charge on any atom is -0.340 e. The standard InChI is InChI=1S/C23H30FN3O/c1-17(28)27-13-4-2-3-7-22(27)18-10-14-26(15-11-18)16-19-8-9-21(24)20-6-5-12-25-23(19)20/h5-6,8-9,12,18,22H,2-4,7,10-11,13-16H2,1H3/t22-/m0/s1. The number of nitrogens with zero attached hydrogens (tertiary/aromatic N) is 3. The van der Waals surface area contributed by atoms with Crippen molar-refractivity contribution in [1.29, 1.82) is 0 Å². The van der Waals surface area contributed by atoms with E-state index in [9.17, 15) is 9.18 Å². The van der Waals surface area contributed by atoms with Crippen LogP contribution in [0, 0.1) is 11.7 Å². The summed E-state index contributed by atoms with van der Waals surface area (Å²) >= 11 is 0. The van der Waals surface area contributed by atoms with Crippen LogP contribution in [0.5, 0.6) is 0 Å². The second-order valence-corrected chi connectivity index (χ2v) is 8.35. The summed E-state index contributed by atoms with van der Waals surface area (Å²) in [5.41, 5.74) is 1.87. The summed E-state index contributed by atoms with van der Waals surface area (Å²) in [6, 6.07) is 7.43. The van der Waals surface area contributed by atoms with E-state index in [0.717, 1.165) is 62.9 Å². The Morgan fingerprint density at radius 2 is 1.93 bits per heavy atom. The van der Waals surface area contributed by atoms with Crippen LogP contribution in [0.25, 0.3) is 10.9 Å². The van der Waals surface area contributed by atoms with Gasteiger partial charge in [0.1, 0.15) is 5.82 Å². The minimum atomic E-state index is -0.205. The fourth-order valence-electron chi connectivity index (χ4n) is 5.08. The van der Waals surface area contributed by atoms with E-state index in [-0.39, 0.29) is 11.7 Å². The number of piperidine rings is 1. The zero-order chi connectivity index (χ0) is 19.5. The molecule has 0 N–H and O–H groups in total. The van der Waals surface area contributed by atoms with Crippen molar-refractivity contribution in [3.63, 3.8) is 0 Å². The van der Waals surface area contributed by atoms with Gasteiger partial charge in [-0.25, -0.2) is 4.39 Å². The molecule has 0 saturated carbocycles. The lowest BCUT2D eigenvalue weighted by Gasteiger charge is -2.40. The van der Waals surface area contributed by atoms with Crippen molar-refractivity contribution >= 4 is 16.8 Å². The first-order valence-electron chi connectivity index (χ1n) is 10.6. The van der Waals surface area contributed by atoms with Gasteiger partial charge in [0, 0.05) is 37.6 Å². The first-order chi connectivity index (χ1) is 13.6. The molecular formula is C23H30FN3O. The van der Waals surface area contributed by atoms with Crippen molar-refractivity contribution < 1.29 is 9.18 Å². The van der Waals surface area contributed by atoms with E-state index in [4.69, 9.17) is 0 Å². The Morgan fingerprint density at radius 1 is 1.11 bits per heavy atom. The Kier molecular flexibility index (Phi) is 5.90. The molecule has 2 aliphatic rings. The molecule has 28 heavy (non-hydrogen) atoms. The van der Waals surface area contributed by atoms with Crippen LogP contribution in [0.4, 0.5) is 4.39 Å². The molecule has 1 aromatic carbocycles. The third-order valence-electron chi connectivity index (χ3n) is 6.57. The number of rotatable bonds is 3. The first kappa shape index (κ1) is 19.3. The summed E-state index contributed by atoms with van der Waals surface area (Å²) in [5, 5.41) is 0.602. The van der Waals surface area contributed by atoms with Crippen LogP contribution in [0.1, 0.15) is 51.0 Å². The van der Waals surface area contributed by atoms with Gasteiger partial charge >= 0.3 is 0 Å². The summed E-state index contributed by atoms with van der Waals surface area (Å²) in [6.07, 6.45) is 8.75. The molecule has 1 atom stereocenters. The van der Waals surface area contributed by atoms with Gasteiger partial charge in [0.2, 0.25) is 5.91 Å². The minimum absolute atomic E-state index is 0.205. The monoisotopic (exact) mass is 383 g/mol. The van der Waals surface area contributed by atoms with Crippen molar-refractivity contribution in [2.24, 2.45) is 5.92 Å². The first-order valence-corrected chi connectivity index (χ1v) is 10.6. The van der Waals surface area contributed by atoms with E-state index in [0.29, 0.717) is 17.3 Å². The number of fused-ring (bicyclic) bond motifs is 1. The molecule has 1 amide bonds. The smallest absolute Gasteiger partial charge is 0.219 e. The van der Waals surface area contributed by atoms with Crippen molar-refractivity contribution in [3.8, 4) is 0 Å². The molecule has 4 nitrogen and oxygen atoms in total. The number of pyridine rings is 1. The predicted octanol–water partition coefficient (Wildman–Crippen LogP) is 4.38. The zero-order valence-corrected chi connectivity index (χ0v) is 16.7. The van der Waals surface area contributed by atoms with Crippen molar-refractivity contribution in [3.05, 3.63) is 41.8 Å². The average molecular weight is 384 g/mol. The van der Waals surface area contributed by atoms with Crippen LogP contribution in [0.2, 0.25) is 0 Å². The lowest BCUT2D eigenvalue weighted by molar-refractivity contribution is -0.132. The van der Waals surface area contributed by atoms with E-state index in [1.807, 2.05) is 6.07 Å². The Labute approximate surface area is 166 Å². The largest absolute Gasteiger partial charge is 0.340 e. The van der Waals surface area contributed by atoms with E-state index in [2.05, 4.69) is 14.8 Å². The number of benzene rings is 1. The van der Waals surface area contributed by atoms with Gasteiger partial charge < -0.3 is 4.90 Å².